The number of piperidine rings is 1. The van der Waals surface area contributed by atoms with Crippen LogP contribution in [0.5, 0.6) is 5.75 Å². The minimum Gasteiger partial charge on any atom is -0.490 e. The van der Waals surface area contributed by atoms with Crippen LogP contribution in [0.2, 0.25) is 0 Å². The fourth-order valence-electron chi connectivity index (χ4n) is 4.70. The number of aromatic nitrogens is 4. The molecular weight excluding hydrogens is 485 g/mol. The molecule has 1 aliphatic rings. The number of nitrogens with one attached hydrogen (secondary N) is 1. The number of aromatic amines is 1. The molecule has 5 rings (SSSR count). The minimum atomic E-state index is -4.68. The molecule has 0 amide bonds. The third kappa shape index (κ3) is 5.02. The van der Waals surface area contributed by atoms with E-state index in [0.29, 0.717) is 29.7 Å². The molecule has 1 N–H and O–H groups in total. The van der Waals surface area contributed by atoms with Crippen molar-refractivity contribution in [3.8, 4) is 11.8 Å². The van der Waals surface area contributed by atoms with Crippen molar-refractivity contribution >= 4 is 16.6 Å². The van der Waals surface area contributed by atoms with E-state index in [2.05, 4.69) is 25.9 Å². The number of alkyl halides is 3. The average molecular weight is 511 g/mol. The number of likely N-dealkylation sites (tertiary alicyclic amines) is 1. The number of H-pyrrole nitrogens is 1. The van der Waals surface area contributed by atoms with Crippen LogP contribution in [0.15, 0.2) is 35.4 Å². The molecule has 37 heavy (non-hydrogen) atoms. The van der Waals surface area contributed by atoms with E-state index in [9.17, 15) is 23.2 Å². The maximum atomic E-state index is 13.9. The summed E-state index contributed by atoms with van der Waals surface area (Å²) in [5.41, 5.74) is 0.998. The fourth-order valence-corrected chi connectivity index (χ4v) is 4.70. The van der Waals surface area contributed by atoms with Gasteiger partial charge >= 0.3 is 6.18 Å². The molecule has 4 heterocycles. The van der Waals surface area contributed by atoms with Gasteiger partial charge in [-0.25, -0.2) is 9.97 Å². The lowest BCUT2D eigenvalue weighted by molar-refractivity contribution is -0.139. The second kappa shape index (κ2) is 9.52. The van der Waals surface area contributed by atoms with Gasteiger partial charge in [0.2, 0.25) is 0 Å². The highest BCUT2D eigenvalue weighted by Gasteiger charge is 2.36. The minimum absolute atomic E-state index is 0.124. The van der Waals surface area contributed by atoms with Gasteiger partial charge in [0.15, 0.2) is 0 Å². The second-order valence-corrected chi connectivity index (χ2v) is 9.28. The van der Waals surface area contributed by atoms with E-state index in [-0.39, 0.29) is 35.0 Å². The number of pyridine rings is 1. The van der Waals surface area contributed by atoms with Crippen LogP contribution < -0.4 is 10.3 Å². The van der Waals surface area contributed by atoms with Gasteiger partial charge in [0.1, 0.15) is 29.4 Å². The highest BCUT2D eigenvalue weighted by molar-refractivity contribution is 5.80. The molecule has 8 nitrogen and oxygen atoms in total. The van der Waals surface area contributed by atoms with Crippen LogP contribution in [0, 0.1) is 18.3 Å². The van der Waals surface area contributed by atoms with E-state index in [4.69, 9.17) is 4.74 Å². The molecule has 0 aliphatic carbocycles. The Morgan fingerprint density at radius 3 is 2.62 bits per heavy atom. The lowest BCUT2D eigenvalue weighted by Crippen LogP contribution is -2.38. The third-order valence-electron chi connectivity index (χ3n) is 6.76. The van der Waals surface area contributed by atoms with Crippen LogP contribution in [-0.2, 0) is 12.6 Å². The molecule has 4 aromatic rings. The summed E-state index contributed by atoms with van der Waals surface area (Å²) < 4.78 is 49.2. The average Bonchev–Trinajstić information content (AvgIpc) is 3.23. The number of nitrogens with zero attached hydrogens (tertiary/aromatic N) is 5. The van der Waals surface area contributed by atoms with Crippen molar-refractivity contribution < 1.29 is 17.9 Å². The molecule has 0 bridgehead atoms. The number of ether oxygens (including phenoxy) is 1. The maximum Gasteiger partial charge on any atom is 0.419 e. The molecule has 0 atom stereocenters. The number of benzene rings is 1. The number of halogens is 3. The van der Waals surface area contributed by atoms with E-state index in [1.54, 1.807) is 22.9 Å². The van der Waals surface area contributed by atoms with Crippen molar-refractivity contribution in [1.29, 1.82) is 5.26 Å². The summed E-state index contributed by atoms with van der Waals surface area (Å²) in [7, 11) is 0. The summed E-state index contributed by atoms with van der Waals surface area (Å²) in [6.07, 6.45) is -0.233. The number of nitriles is 1. The molecule has 1 aliphatic heterocycles. The topological polar surface area (TPSA) is 99.3 Å². The van der Waals surface area contributed by atoms with E-state index in [1.807, 2.05) is 13.8 Å². The van der Waals surface area contributed by atoms with Crippen LogP contribution in [-0.4, -0.2) is 50.0 Å². The molecule has 0 saturated carbocycles. The zero-order chi connectivity index (χ0) is 26.3. The maximum absolute atomic E-state index is 13.9. The molecule has 1 fully saturated rings. The highest BCUT2D eigenvalue weighted by Crippen LogP contribution is 2.39. The number of aryl methyl sites for hydroxylation is 1. The van der Waals surface area contributed by atoms with Crippen LogP contribution in [0.1, 0.15) is 48.0 Å². The number of rotatable bonds is 5. The Balaban J connectivity index is 1.49. The smallest absolute Gasteiger partial charge is 0.419 e. The van der Waals surface area contributed by atoms with Crippen LogP contribution in [0.3, 0.4) is 0 Å². The largest absolute Gasteiger partial charge is 0.490 e. The van der Waals surface area contributed by atoms with Gasteiger partial charge < -0.3 is 19.0 Å². The zero-order valence-electron chi connectivity index (χ0n) is 20.4. The summed E-state index contributed by atoms with van der Waals surface area (Å²) in [6, 6.07) is 5.94. The lowest BCUT2D eigenvalue weighted by atomic mass is 10.1. The van der Waals surface area contributed by atoms with Gasteiger partial charge in [-0.05, 0) is 44.0 Å². The molecule has 11 heteroatoms. The van der Waals surface area contributed by atoms with E-state index >= 15 is 0 Å². The SMILES string of the molecule is CCN1CCC(Oc2cc3nc(Cc4cn5cc(C#N)c(C)cc5n4)[nH]c(=O)c3cc2C(F)(F)F)CC1. The standard InChI is InChI=1S/C26H25F3N6O2/c1-3-34-6-4-18(5-7-34)37-22-11-21-19(10-20(22)26(27,28)29)25(36)33-23(32-21)9-17-14-35-13-16(12-30)15(2)8-24(35)31-17/h8,10-11,13-14,18H,3-7,9H2,1-2H3,(H,32,33,36). The first-order valence-electron chi connectivity index (χ1n) is 12.1. The summed E-state index contributed by atoms with van der Waals surface area (Å²) in [6.45, 7) is 6.26. The van der Waals surface area contributed by atoms with Gasteiger partial charge in [-0.15, -0.1) is 0 Å². The van der Waals surface area contributed by atoms with Gasteiger partial charge in [-0.3, -0.25) is 4.79 Å². The van der Waals surface area contributed by atoms with Gasteiger partial charge in [-0.2, -0.15) is 18.4 Å². The number of hydrogen-bond donors (Lipinski definition) is 1. The Labute approximate surface area is 210 Å². The fraction of sp³-hybridized carbons (Fsp3) is 0.385. The molecule has 1 aromatic carbocycles. The van der Waals surface area contributed by atoms with Crippen molar-refractivity contribution in [2.75, 3.05) is 19.6 Å². The Morgan fingerprint density at radius 2 is 1.95 bits per heavy atom. The van der Waals surface area contributed by atoms with Gasteiger partial charge in [0.05, 0.1) is 27.7 Å². The number of fused-ring (bicyclic) bond motifs is 2. The Kier molecular flexibility index (Phi) is 6.37. The van der Waals surface area contributed by atoms with Crippen LogP contribution >= 0.6 is 0 Å². The molecular formula is C26H25F3N6O2. The first-order chi connectivity index (χ1) is 17.6. The second-order valence-electron chi connectivity index (χ2n) is 9.28. The van der Waals surface area contributed by atoms with Crippen molar-refractivity contribution in [2.45, 2.75) is 45.4 Å². The Morgan fingerprint density at radius 1 is 1.19 bits per heavy atom. The summed E-state index contributed by atoms with van der Waals surface area (Å²) in [5, 5.41) is 9.09. The van der Waals surface area contributed by atoms with Gasteiger partial charge in [0.25, 0.3) is 5.56 Å². The predicted octanol–water partition coefficient (Wildman–Crippen LogP) is 4.22. The Bertz CT molecular complexity index is 1580. The molecule has 1 saturated heterocycles. The van der Waals surface area contributed by atoms with Gasteiger partial charge in [-0.1, -0.05) is 6.92 Å². The third-order valence-corrected chi connectivity index (χ3v) is 6.76. The van der Waals surface area contributed by atoms with E-state index in [0.717, 1.165) is 31.3 Å². The molecule has 0 radical (unpaired) electrons. The van der Waals surface area contributed by atoms with Crippen molar-refractivity contribution in [3.05, 3.63) is 69.2 Å². The molecule has 0 spiro atoms. The monoisotopic (exact) mass is 510 g/mol. The van der Waals surface area contributed by atoms with Crippen molar-refractivity contribution in [3.63, 3.8) is 0 Å². The quantitative estimate of drug-likeness (QED) is 0.432. The van der Waals surface area contributed by atoms with E-state index in [1.165, 1.54) is 6.07 Å². The van der Waals surface area contributed by atoms with E-state index < -0.39 is 17.3 Å². The normalized spacial score (nSPS) is 15.4. The summed E-state index contributed by atoms with van der Waals surface area (Å²) >= 11 is 0. The Hall–Kier alpha value is -3.91. The van der Waals surface area contributed by atoms with Crippen molar-refractivity contribution in [2.24, 2.45) is 0 Å². The lowest BCUT2D eigenvalue weighted by Gasteiger charge is -2.31. The number of imidazole rings is 1. The molecule has 192 valence electrons. The van der Waals surface area contributed by atoms with Crippen LogP contribution in [0.4, 0.5) is 13.2 Å². The predicted molar refractivity (Wildman–Crippen MR) is 131 cm³/mol. The molecule has 3 aromatic heterocycles. The first kappa shape index (κ1) is 24.8. The summed E-state index contributed by atoms with van der Waals surface area (Å²) in [5.74, 6) is -0.0497. The van der Waals surface area contributed by atoms with Gasteiger partial charge in [0, 0.05) is 38.0 Å². The molecule has 0 unspecified atom stereocenters. The first-order valence-corrected chi connectivity index (χ1v) is 12.1. The zero-order valence-corrected chi connectivity index (χ0v) is 20.4. The van der Waals surface area contributed by atoms with Crippen molar-refractivity contribution in [1.82, 2.24) is 24.3 Å². The highest BCUT2D eigenvalue weighted by atomic mass is 19.4. The number of hydrogen-bond acceptors (Lipinski definition) is 6. The summed E-state index contributed by atoms with van der Waals surface area (Å²) in [4.78, 5) is 26.5. The van der Waals surface area contributed by atoms with Crippen LogP contribution in [0.25, 0.3) is 16.6 Å².